The minimum atomic E-state index is -0.268. The first kappa shape index (κ1) is 13.0. The van der Waals surface area contributed by atoms with Gasteiger partial charge in [0.05, 0.1) is 6.10 Å². The van der Waals surface area contributed by atoms with Crippen LogP contribution in [0, 0.1) is 0 Å². The Labute approximate surface area is 109 Å². The Morgan fingerprint density at radius 3 is 2.44 bits per heavy atom. The van der Waals surface area contributed by atoms with E-state index in [-0.39, 0.29) is 5.60 Å². The van der Waals surface area contributed by atoms with Crippen LogP contribution < -0.4 is 14.4 Å². The maximum Gasteiger partial charge on any atom is 0.204 e. The van der Waals surface area contributed by atoms with Crippen LogP contribution in [-0.2, 0) is 0 Å². The third kappa shape index (κ3) is 3.28. The average Bonchev–Trinajstić information content (AvgIpc) is 3.02. The molecule has 18 heavy (non-hydrogen) atoms. The molecule has 1 aliphatic carbocycles. The van der Waals surface area contributed by atoms with Crippen molar-refractivity contribution in [1.29, 1.82) is 0 Å². The molecule has 0 saturated heterocycles. The van der Waals surface area contributed by atoms with Crippen LogP contribution in [0.5, 0.6) is 11.5 Å². The molecule has 2 rings (SSSR count). The van der Waals surface area contributed by atoms with Gasteiger partial charge in [-0.15, -0.1) is 0 Å². The summed E-state index contributed by atoms with van der Waals surface area (Å²) in [6.07, 6.45) is 4.39. The molecule has 1 aromatic heterocycles. The van der Waals surface area contributed by atoms with E-state index < -0.39 is 0 Å². The van der Waals surface area contributed by atoms with E-state index in [4.69, 9.17) is 9.47 Å². The lowest BCUT2D eigenvalue weighted by Gasteiger charge is -2.26. The van der Waals surface area contributed by atoms with Crippen molar-refractivity contribution in [2.24, 2.45) is 0 Å². The summed E-state index contributed by atoms with van der Waals surface area (Å²) in [7, 11) is 3.91. The van der Waals surface area contributed by atoms with Gasteiger partial charge < -0.3 is 14.4 Å². The number of ether oxygens (including phenoxy) is 2. The Kier molecular flexibility index (Phi) is 3.37. The zero-order valence-corrected chi connectivity index (χ0v) is 11.9. The van der Waals surface area contributed by atoms with E-state index in [1.54, 1.807) is 6.20 Å². The number of rotatable bonds is 4. The second-order valence-electron chi connectivity index (χ2n) is 5.89. The molecule has 1 aliphatic rings. The highest BCUT2D eigenvalue weighted by atomic mass is 16.5. The second kappa shape index (κ2) is 4.67. The fourth-order valence-electron chi connectivity index (χ4n) is 1.60. The first-order valence-corrected chi connectivity index (χ1v) is 6.39. The van der Waals surface area contributed by atoms with Crippen LogP contribution in [0.25, 0.3) is 0 Å². The molecule has 0 amide bonds. The predicted molar refractivity (Wildman–Crippen MR) is 72.6 cm³/mol. The number of pyridine rings is 1. The van der Waals surface area contributed by atoms with Crippen molar-refractivity contribution in [3.63, 3.8) is 0 Å². The largest absolute Gasteiger partial charge is 0.486 e. The summed E-state index contributed by atoms with van der Waals surface area (Å²) >= 11 is 0. The molecule has 4 heteroatoms. The molecule has 0 aliphatic heterocycles. The molecule has 0 N–H and O–H groups in total. The van der Waals surface area contributed by atoms with Gasteiger partial charge in [-0.3, -0.25) is 0 Å². The van der Waals surface area contributed by atoms with E-state index in [1.165, 1.54) is 0 Å². The van der Waals surface area contributed by atoms with E-state index in [1.807, 2.05) is 45.8 Å². The van der Waals surface area contributed by atoms with Crippen molar-refractivity contribution >= 4 is 5.82 Å². The molecule has 0 radical (unpaired) electrons. The summed E-state index contributed by atoms with van der Waals surface area (Å²) < 4.78 is 11.9. The van der Waals surface area contributed by atoms with Gasteiger partial charge in [0.2, 0.25) is 5.75 Å². The van der Waals surface area contributed by atoms with Crippen LogP contribution >= 0.6 is 0 Å². The zero-order chi connectivity index (χ0) is 13.3. The first-order valence-electron chi connectivity index (χ1n) is 6.39. The highest BCUT2D eigenvalue weighted by Crippen LogP contribution is 2.40. The van der Waals surface area contributed by atoms with E-state index in [0.717, 1.165) is 30.2 Å². The fourth-order valence-corrected chi connectivity index (χ4v) is 1.60. The Bertz CT molecular complexity index is 420. The molecule has 0 atom stereocenters. The molecule has 0 spiro atoms. The van der Waals surface area contributed by atoms with Crippen LogP contribution in [0.2, 0.25) is 0 Å². The zero-order valence-electron chi connectivity index (χ0n) is 11.9. The van der Waals surface area contributed by atoms with Crippen LogP contribution in [-0.4, -0.2) is 30.8 Å². The van der Waals surface area contributed by atoms with Crippen LogP contribution in [0.15, 0.2) is 12.3 Å². The molecular formula is C14H22N2O2. The summed E-state index contributed by atoms with van der Waals surface area (Å²) in [5.74, 6) is 2.34. The molecule has 0 aromatic carbocycles. The highest BCUT2D eigenvalue weighted by molar-refractivity contribution is 5.59. The van der Waals surface area contributed by atoms with Crippen LogP contribution in [0.3, 0.4) is 0 Å². The molecule has 4 nitrogen and oxygen atoms in total. The molecule has 100 valence electrons. The average molecular weight is 250 g/mol. The number of hydrogen-bond donors (Lipinski definition) is 0. The van der Waals surface area contributed by atoms with E-state index in [0.29, 0.717) is 6.10 Å². The van der Waals surface area contributed by atoms with Gasteiger partial charge in [0.15, 0.2) is 11.6 Å². The second-order valence-corrected chi connectivity index (χ2v) is 5.89. The van der Waals surface area contributed by atoms with Crippen molar-refractivity contribution in [3.05, 3.63) is 12.3 Å². The molecule has 1 aromatic rings. The lowest BCUT2D eigenvalue weighted by Crippen LogP contribution is -2.25. The normalized spacial score (nSPS) is 15.4. The summed E-state index contributed by atoms with van der Waals surface area (Å²) in [5.41, 5.74) is -0.268. The van der Waals surface area contributed by atoms with Gasteiger partial charge in [0, 0.05) is 26.4 Å². The van der Waals surface area contributed by atoms with Crippen molar-refractivity contribution in [1.82, 2.24) is 4.98 Å². The van der Waals surface area contributed by atoms with E-state index in [2.05, 4.69) is 4.98 Å². The maximum absolute atomic E-state index is 6.02. The lowest BCUT2D eigenvalue weighted by molar-refractivity contribution is 0.123. The highest BCUT2D eigenvalue weighted by Gasteiger charge is 2.27. The summed E-state index contributed by atoms with van der Waals surface area (Å²) in [6.45, 7) is 6.08. The summed E-state index contributed by atoms with van der Waals surface area (Å²) in [6, 6.07) is 1.88. The van der Waals surface area contributed by atoms with Gasteiger partial charge in [0.1, 0.15) is 5.60 Å². The van der Waals surface area contributed by atoms with Gasteiger partial charge in [-0.2, -0.15) is 0 Å². The first-order chi connectivity index (χ1) is 8.37. The lowest BCUT2D eigenvalue weighted by atomic mass is 10.2. The topological polar surface area (TPSA) is 34.6 Å². The number of anilines is 1. The van der Waals surface area contributed by atoms with Gasteiger partial charge in [-0.05, 0) is 33.6 Å². The Morgan fingerprint density at radius 2 is 1.94 bits per heavy atom. The Morgan fingerprint density at radius 1 is 1.28 bits per heavy atom. The van der Waals surface area contributed by atoms with E-state index in [9.17, 15) is 0 Å². The van der Waals surface area contributed by atoms with Crippen molar-refractivity contribution in [3.8, 4) is 11.5 Å². The molecule has 0 unspecified atom stereocenters. The summed E-state index contributed by atoms with van der Waals surface area (Å²) in [5, 5.41) is 0. The maximum atomic E-state index is 6.02. The Balaban J connectivity index is 2.34. The molecule has 1 saturated carbocycles. The van der Waals surface area contributed by atoms with Crippen molar-refractivity contribution < 1.29 is 9.47 Å². The fraction of sp³-hybridized carbons (Fsp3) is 0.643. The number of nitrogens with zero attached hydrogens (tertiary/aromatic N) is 2. The molecular weight excluding hydrogens is 228 g/mol. The molecule has 0 bridgehead atoms. The van der Waals surface area contributed by atoms with Gasteiger partial charge >= 0.3 is 0 Å². The van der Waals surface area contributed by atoms with Gasteiger partial charge in [0.25, 0.3) is 0 Å². The predicted octanol–water partition coefficient (Wildman–Crippen LogP) is 2.87. The van der Waals surface area contributed by atoms with Crippen molar-refractivity contribution in [2.75, 3.05) is 19.0 Å². The SMILES string of the molecule is CN(C)c1nccc(OC2CC2)c1OC(C)(C)C. The van der Waals surface area contributed by atoms with Gasteiger partial charge in [-0.1, -0.05) is 0 Å². The number of hydrogen-bond acceptors (Lipinski definition) is 4. The van der Waals surface area contributed by atoms with Crippen LogP contribution in [0.4, 0.5) is 5.82 Å². The Hall–Kier alpha value is -1.45. The monoisotopic (exact) mass is 250 g/mol. The number of aromatic nitrogens is 1. The van der Waals surface area contributed by atoms with E-state index >= 15 is 0 Å². The quantitative estimate of drug-likeness (QED) is 0.823. The third-order valence-electron chi connectivity index (χ3n) is 2.50. The third-order valence-corrected chi connectivity index (χ3v) is 2.50. The molecule has 1 heterocycles. The minimum absolute atomic E-state index is 0.268. The standard InChI is InChI=1S/C14H22N2O2/c1-14(2,3)18-12-11(17-10-6-7-10)8-9-15-13(12)16(4)5/h8-10H,6-7H2,1-5H3. The smallest absolute Gasteiger partial charge is 0.204 e. The van der Waals surface area contributed by atoms with Gasteiger partial charge in [-0.25, -0.2) is 4.98 Å². The minimum Gasteiger partial charge on any atom is -0.486 e. The van der Waals surface area contributed by atoms with Crippen LogP contribution in [0.1, 0.15) is 33.6 Å². The van der Waals surface area contributed by atoms with Crippen molar-refractivity contribution in [2.45, 2.75) is 45.3 Å². The molecule has 1 fully saturated rings. The summed E-state index contributed by atoms with van der Waals surface area (Å²) in [4.78, 5) is 6.32.